The Morgan fingerprint density at radius 2 is 1.64 bits per heavy atom. The van der Waals surface area contributed by atoms with Crippen molar-refractivity contribution in [3.8, 4) is 11.1 Å². The molecule has 0 saturated carbocycles. The van der Waals surface area contributed by atoms with Crippen molar-refractivity contribution < 1.29 is 14.6 Å². The van der Waals surface area contributed by atoms with Crippen molar-refractivity contribution in [2.75, 3.05) is 13.2 Å². The molecule has 3 rings (SSSR count). The summed E-state index contributed by atoms with van der Waals surface area (Å²) in [7, 11) is 0. The summed E-state index contributed by atoms with van der Waals surface area (Å²) in [5, 5.41) is 12.9. The van der Waals surface area contributed by atoms with Crippen LogP contribution in [0.4, 0.5) is 4.79 Å². The Bertz CT molecular complexity index is 722. The lowest BCUT2D eigenvalue weighted by Crippen LogP contribution is -2.44. The zero-order valence-corrected chi connectivity index (χ0v) is 15.0. The van der Waals surface area contributed by atoms with Crippen LogP contribution in [-0.2, 0) is 4.74 Å². The van der Waals surface area contributed by atoms with Gasteiger partial charge >= 0.3 is 6.09 Å². The summed E-state index contributed by atoms with van der Waals surface area (Å²) in [6, 6.07) is 16.5. The topological polar surface area (TPSA) is 58.6 Å². The van der Waals surface area contributed by atoms with Crippen LogP contribution in [0.1, 0.15) is 37.8 Å². The van der Waals surface area contributed by atoms with E-state index in [0.717, 1.165) is 0 Å². The maximum absolute atomic E-state index is 12.0. The molecule has 0 bridgehead atoms. The van der Waals surface area contributed by atoms with Crippen molar-refractivity contribution in [2.24, 2.45) is 5.92 Å². The molecule has 0 heterocycles. The Balaban J connectivity index is 1.67. The van der Waals surface area contributed by atoms with Crippen molar-refractivity contribution in [1.29, 1.82) is 0 Å². The highest BCUT2D eigenvalue weighted by atomic mass is 16.5. The maximum atomic E-state index is 12.0. The third kappa shape index (κ3) is 3.54. The third-order valence-corrected chi connectivity index (χ3v) is 5.18. The SMILES string of the molecule is CC(C)C(C)(O)CNC(=O)OCC1c2ccccc2-c2ccccc21. The highest BCUT2D eigenvalue weighted by molar-refractivity contribution is 5.79. The summed E-state index contributed by atoms with van der Waals surface area (Å²) in [4.78, 5) is 12.0. The van der Waals surface area contributed by atoms with Crippen LogP contribution in [0.5, 0.6) is 0 Å². The molecule has 2 N–H and O–H groups in total. The molecule has 0 saturated heterocycles. The van der Waals surface area contributed by atoms with E-state index in [1.807, 2.05) is 38.1 Å². The number of alkyl carbamates (subject to hydrolysis) is 1. The summed E-state index contributed by atoms with van der Waals surface area (Å²) >= 11 is 0. The van der Waals surface area contributed by atoms with Crippen LogP contribution in [0.3, 0.4) is 0 Å². The van der Waals surface area contributed by atoms with Gasteiger partial charge in [-0.25, -0.2) is 4.79 Å². The Hall–Kier alpha value is -2.33. The molecular weight excluding hydrogens is 314 g/mol. The van der Waals surface area contributed by atoms with Gasteiger partial charge in [0.2, 0.25) is 0 Å². The number of aliphatic hydroxyl groups is 1. The first-order chi connectivity index (χ1) is 11.9. The van der Waals surface area contributed by atoms with Gasteiger partial charge in [0.25, 0.3) is 0 Å². The smallest absolute Gasteiger partial charge is 0.407 e. The van der Waals surface area contributed by atoms with E-state index < -0.39 is 11.7 Å². The van der Waals surface area contributed by atoms with Crippen molar-refractivity contribution >= 4 is 6.09 Å². The van der Waals surface area contributed by atoms with Gasteiger partial charge < -0.3 is 15.2 Å². The largest absolute Gasteiger partial charge is 0.449 e. The van der Waals surface area contributed by atoms with E-state index in [0.29, 0.717) is 0 Å². The number of rotatable bonds is 5. The molecule has 0 spiro atoms. The second kappa shape index (κ2) is 6.89. The van der Waals surface area contributed by atoms with Crippen LogP contribution in [0.25, 0.3) is 11.1 Å². The average molecular weight is 339 g/mol. The van der Waals surface area contributed by atoms with E-state index in [-0.39, 0.29) is 25.0 Å². The second-order valence-electron chi connectivity index (χ2n) is 7.19. The highest BCUT2D eigenvalue weighted by Gasteiger charge is 2.30. The number of ether oxygens (including phenoxy) is 1. The molecule has 0 aromatic heterocycles. The lowest BCUT2D eigenvalue weighted by molar-refractivity contribution is 0.0133. The second-order valence-corrected chi connectivity index (χ2v) is 7.19. The number of nitrogens with one attached hydrogen (secondary N) is 1. The van der Waals surface area contributed by atoms with Crippen LogP contribution in [0.2, 0.25) is 0 Å². The zero-order chi connectivity index (χ0) is 18.0. The number of carbonyl (C=O) groups excluding carboxylic acids is 1. The molecule has 132 valence electrons. The number of benzene rings is 2. The minimum atomic E-state index is -0.953. The predicted octanol–water partition coefficient (Wildman–Crippen LogP) is 3.93. The van der Waals surface area contributed by atoms with Crippen molar-refractivity contribution in [2.45, 2.75) is 32.3 Å². The lowest BCUT2D eigenvalue weighted by atomic mass is 9.93. The van der Waals surface area contributed by atoms with Gasteiger partial charge in [-0.15, -0.1) is 0 Å². The van der Waals surface area contributed by atoms with Crippen LogP contribution in [0.15, 0.2) is 48.5 Å². The zero-order valence-electron chi connectivity index (χ0n) is 15.0. The van der Waals surface area contributed by atoms with Gasteiger partial charge in [-0.05, 0) is 35.1 Å². The fraction of sp³-hybridized carbons (Fsp3) is 0.381. The molecule has 25 heavy (non-hydrogen) atoms. The van der Waals surface area contributed by atoms with Gasteiger partial charge in [0.1, 0.15) is 6.61 Å². The van der Waals surface area contributed by atoms with E-state index in [9.17, 15) is 9.90 Å². The molecule has 1 unspecified atom stereocenters. The van der Waals surface area contributed by atoms with E-state index in [2.05, 4.69) is 29.6 Å². The molecule has 1 aliphatic carbocycles. The molecule has 4 nitrogen and oxygen atoms in total. The van der Waals surface area contributed by atoms with Crippen LogP contribution in [0, 0.1) is 5.92 Å². The first kappa shape index (κ1) is 17.5. The van der Waals surface area contributed by atoms with E-state index >= 15 is 0 Å². The Morgan fingerprint density at radius 1 is 1.12 bits per heavy atom. The fourth-order valence-electron chi connectivity index (χ4n) is 3.10. The lowest BCUT2D eigenvalue weighted by Gasteiger charge is -2.27. The number of hydrogen-bond donors (Lipinski definition) is 2. The van der Waals surface area contributed by atoms with Gasteiger partial charge in [0.15, 0.2) is 0 Å². The monoisotopic (exact) mass is 339 g/mol. The summed E-state index contributed by atoms with van der Waals surface area (Å²) in [6.07, 6.45) is -0.497. The maximum Gasteiger partial charge on any atom is 0.407 e. The summed E-state index contributed by atoms with van der Waals surface area (Å²) < 4.78 is 5.45. The normalized spacial score (nSPS) is 15.4. The molecule has 2 aromatic carbocycles. The summed E-state index contributed by atoms with van der Waals surface area (Å²) in [5.41, 5.74) is 3.83. The molecule has 2 aromatic rings. The van der Waals surface area contributed by atoms with Gasteiger partial charge in [-0.1, -0.05) is 62.4 Å². The standard InChI is InChI=1S/C21H25NO3/c1-14(2)21(3,24)13-22-20(23)25-12-19-17-10-6-4-8-15(17)16-9-5-7-11-18(16)19/h4-11,14,19,24H,12-13H2,1-3H3,(H,22,23). The van der Waals surface area contributed by atoms with Crippen molar-refractivity contribution in [3.05, 3.63) is 59.7 Å². The van der Waals surface area contributed by atoms with Gasteiger partial charge in [0, 0.05) is 12.5 Å². The average Bonchev–Trinajstić information content (AvgIpc) is 2.92. The number of fused-ring (bicyclic) bond motifs is 3. The van der Waals surface area contributed by atoms with Gasteiger partial charge in [-0.2, -0.15) is 0 Å². The first-order valence-electron chi connectivity index (χ1n) is 8.71. The number of amides is 1. The van der Waals surface area contributed by atoms with Crippen molar-refractivity contribution in [1.82, 2.24) is 5.32 Å². The Kier molecular flexibility index (Phi) is 4.82. The first-order valence-corrected chi connectivity index (χ1v) is 8.71. The van der Waals surface area contributed by atoms with E-state index in [1.165, 1.54) is 22.3 Å². The molecule has 4 heteroatoms. The van der Waals surface area contributed by atoms with Crippen LogP contribution in [-0.4, -0.2) is 30.0 Å². The minimum absolute atomic E-state index is 0.0429. The number of carbonyl (C=O) groups is 1. The Morgan fingerprint density at radius 3 is 2.16 bits per heavy atom. The molecule has 0 radical (unpaired) electrons. The molecular formula is C21H25NO3. The molecule has 0 aliphatic heterocycles. The Labute approximate surface area is 148 Å². The minimum Gasteiger partial charge on any atom is -0.449 e. The predicted molar refractivity (Wildman–Crippen MR) is 98.5 cm³/mol. The fourth-order valence-corrected chi connectivity index (χ4v) is 3.10. The van der Waals surface area contributed by atoms with Crippen LogP contribution >= 0.6 is 0 Å². The van der Waals surface area contributed by atoms with E-state index in [4.69, 9.17) is 4.74 Å². The van der Waals surface area contributed by atoms with Gasteiger partial charge in [0.05, 0.1) is 5.60 Å². The number of hydrogen-bond acceptors (Lipinski definition) is 3. The van der Waals surface area contributed by atoms with Crippen molar-refractivity contribution in [3.63, 3.8) is 0 Å². The quantitative estimate of drug-likeness (QED) is 0.868. The summed E-state index contributed by atoms with van der Waals surface area (Å²) in [6.45, 7) is 5.99. The molecule has 0 fully saturated rings. The molecule has 1 amide bonds. The van der Waals surface area contributed by atoms with Crippen LogP contribution < -0.4 is 5.32 Å². The van der Waals surface area contributed by atoms with Gasteiger partial charge in [-0.3, -0.25) is 0 Å². The van der Waals surface area contributed by atoms with E-state index in [1.54, 1.807) is 6.92 Å². The molecule has 1 aliphatic rings. The highest BCUT2D eigenvalue weighted by Crippen LogP contribution is 2.44. The third-order valence-electron chi connectivity index (χ3n) is 5.18. The molecule has 1 atom stereocenters. The summed E-state index contributed by atoms with van der Waals surface area (Å²) in [5.74, 6) is 0.0881.